The van der Waals surface area contributed by atoms with Crippen molar-refractivity contribution in [2.24, 2.45) is 0 Å². The van der Waals surface area contributed by atoms with Crippen molar-refractivity contribution in [3.05, 3.63) is 46.8 Å². The number of quaternary nitrogens is 1. The van der Waals surface area contributed by atoms with E-state index >= 15 is 0 Å². The molecule has 2 heterocycles. The smallest absolute Gasteiger partial charge is 0.152 e. The molecule has 2 atom stereocenters. The number of hydrogen-bond acceptors (Lipinski definition) is 4. The van der Waals surface area contributed by atoms with Crippen molar-refractivity contribution < 1.29 is 18.1 Å². The second-order valence-electron chi connectivity index (χ2n) is 7.70. The van der Waals surface area contributed by atoms with Gasteiger partial charge in [-0.05, 0) is 44.9 Å². The molecule has 3 rings (SSSR count). The molecule has 0 amide bonds. The van der Waals surface area contributed by atoms with Crippen LogP contribution < -0.4 is 9.64 Å². The largest absolute Gasteiger partial charge is 0.488 e. The molecule has 1 saturated heterocycles. The van der Waals surface area contributed by atoms with Crippen LogP contribution in [0.1, 0.15) is 35.0 Å². The fraction of sp³-hybridized carbons (Fsp3) is 0.550. The van der Waals surface area contributed by atoms with Gasteiger partial charge in [0.1, 0.15) is 25.4 Å². The Bertz CT molecular complexity index is 905. The molecule has 7 heteroatoms. The fourth-order valence-electron chi connectivity index (χ4n) is 3.72. The van der Waals surface area contributed by atoms with Crippen LogP contribution in [0.25, 0.3) is 0 Å². The van der Waals surface area contributed by atoms with Crippen molar-refractivity contribution in [1.29, 1.82) is 0 Å². The molecule has 0 spiro atoms. The van der Waals surface area contributed by atoms with Gasteiger partial charge in [0, 0.05) is 5.69 Å². The lowest BCUT2D eigenvalue weighted by atomic mass is 10.1. The van der Waals surface area contributed by atoms with Crippen LogP contribution in [0.2, 0.25) is 0 Å². The van der Waals surface area contributed by atoms with Gasteiger partial charge in [-0.1, -0.05) is 12.1 Å². The first-order valence-corrected chi connectivity index (χ1v) is 11.3. The molecule has 1 fully saturated rings. The standard InChI is InChI=1S/C20H29N3O3S/c1-15-6-5-7-19(12-15)26-10-9-22(4)13-20-16(2)21-23(17(20)3)18-8-11-27(24,25)14-18/h5-7,12,18H,8-11,13-14H2,1-4H3/p+1/t18-/m1/s1. The minimum atomic E-state index is -2.91. The zero-order valence-corrected chi connectivity index (χ0v) is 17.5. The number of nitrogens with zero attached hydrogens (tertiary/aromatic N) is 2. The van der Waals surface area contributed by atoms with Gasteiger partial charge in [-0.15, -0.1) is 0 Å². The van der Waals surface area contributed by atoms with Crippen molar-refractivity contribution in [2.45, 2.75) is 39.8 Å². The lowest BCUT2D eigenvalue weighted by Crippen LogP contribution is -3.08. The van der Waals surface area contributed by atoms with Gasteiger partial charge in [-0.25, -0.2) is 8.42 Å². The number of rotatable bonds is 7. The van der Waals surface area contributed by atoms with Crippen molar-refractivity contribution in [3.8, 4) is 5.75 Å². The number of benzene rings is 1. The van der Waals surface area contributed by atoms with Crippen LogP contribution >= 0.6 is 0 Å². The van der Waals surface area contributed by atoms with Crippen LogP contribution in [0, 0.1) is 20.8 Å². The normalized spacial score (nSPS) is 19.9. The minimum Gasteiger partial charge on any atom is -0.488 e. The third-order valence-electron chi connectivity index (χ3n) is 5.29. The highest BCUT2D eigenvalue weighted by atomic mass is 32.2. The number of ether oxygens (including phenoxy) is 1. The molecule has 148 valence electrons. The SMILES string of the molecule is Cc1cccc(OCC[NH+](C)Cc2c(C)nn([C@@H]3CCS(=O)(=O)C3)c2C)c1. The molecule has 1 aromatic heterocycles. The van der Waals surface area contributed by atoms with E-state index in [-0.39, 0.29) is 17.5 Å². The Morgan fingerprint density at radius 3 is 2.74 bits per heavy atom. The van der Waals surface area contributed by atoms with Gasteiger partial charge in [0.25, 0.3) is 0 Å². The van der Waals surface area contributed by atoms with Crippen molar-refractivity contribution in [3.63, 3.8) is 0 Å². The highest BCUT2D eigenvalue weighted by Gasteiger charge is 2.31. The number of aromatic nitrogens is 2. The fourth-order valence-corrected chi connectivity index (χ4v) is 5.41. The number of likely N-dealkylation sites (N-methyl/N-ethyl adjacent to an activating group) is 1. The minimum absolute atomic E-state index is 0.0209. The maximum Gasteiger partial charge on any atom is 0.152 e. The molecule has 2 aromatic rings. The Labute approximate surface area is 162 Å². The molecule has 0 aliphatic carbocycles. The Kier molecular flexibility index (Phi) is 5.91. The van der Waals surface area contributed by atoms with E-state index in [0.29, 0.717) is 13.0 Å². The average molecular weight is 393 g/mol. The number of nitrogens with one attached hydrogen (secondary N) is 1. The molecule has 6 nitrogen and oxygen atoms in total. The predicted molar refractivity (Wildman–Crippen MR) is 106 cm³/mol. The molecule has 1 aliphatic heterocycles. The maximum absolute atomic E-state index is 11.8. The molecule has 1 aromatic carbocycles. The third-order valence-corrected chi connectivity index (χ3v) is 7.05. The van der Waals surface area contributed by atoms with E-state index < -0.39 is 9.84 Å². The third kappa shape index (κ3) is 4.90. The van der Waals surface area contributed by atoms with Crippen LogP contribution in [-0.4, -0.2) is 49.9 Å². The monoisotopic (exact) mass is 392 g/mol. The summed E-state index contributed by atoms with van der Waals surface area (Å²) in [6.45, 7) is 8.52. The van der Waals surface area contributed by atoms with Crippen LogP contribution in [0.5, 0.6) is 5.75 Å². The lowest BCUT2D eigenvalue weighted by molar-refractivity contribution is -0.893. The van der Waals surface area contributed by atoms with Crippen LogP contribution in [-0.2, 0) is 16.4 Å². The summed E-state index contributed by atoms with van der Waals surface area (Å²) in [5.41, 5.74) is 4.50. The lowest BCUT2D eigenvalue weighted by Gasteiger charge is -2.16. The van der Waals surface area contributed by atoms with Crippen LogP contribution in [0.3, 0.4) is 0 Å². The molecule has 27 heavy (non-hydrogen) atoms. The topological polar surface area (TPSA) is 65.6 Å². The zero-order valence-electron chi connectivity index (χ0n) is 16.7. The summed E-state index contributed by atoms with van der Waals surface area (Å²) >= 11 is 0. The summed E-state index contributed by atoms with van der Waals surface area (Å²) in [5.74, 6) is 1.39. The average Bonchev–Trinajstić information content (AvgIpc) is 3.08. The molecular weight excluding hydrogens is 362 g/mol. The Morgan fingerprint density at radius 2 is 2.07 bits per heavy atom. The van der Waals surface area contributed by atoms with E-state index in [4.69, 9.17) is 4.74 Å². The number of sulfone groups is 1. The van der Waals surface area contributed by atoms with Crippen LogP contribution in [0.15, 0.2) is 24.3 Å². The van der Waals surface area contributed by atoms with Gasteiger partial charge in [-0.2, -0.15) is 5.10 Å². The molecule has 1 unspecified atom stereocenters. The Balaban J connectivity index is 1.58. The van der Waals surface area contributed by atoms with E-state index in [2.05, 4.69) is 32.1 Å². The highest BCUT2D eigenvalue weighted by Crippen LogP contribution is 2.26. The zero-order chi connectivity index (χ0) is 19.6. The summed E-state index contributed by atoms with van der Waals surface area (Å²) in [4.78, 5) is 1.34. The first-order valence-electron chi connectivity index (χ1n) is 9.51. The quantitative estimate of drug-likeness (QED) is 0.771. The summed E-state index contributed by atoms with van der Waals surface area (Å²) in [6.07, 6.45) is 0.663. The number of aryl methyl sites for hydroxylation is 2. The summed E-state index contributed by atoms with van der Waals surface area (Å²) < 4.78 is 31.4. The van der Waals surface area contributed by atoms with Gasteiger partial charge in [0.2, 0.25) is 0 Å². The predicted octanol–water partition coefficient (Wildman–Crippen LogP) is 1.26. The summed E-state index contributed by atoms with van der Waals surface area (Å²) in [7, 11) is -0.762. The van der Waals surface area contributed by atoms with Crippen molar-refractivity contribution >= 4 is 9.84 Å². The van der Waals surface area contributed by atoms with Gasteiger partial charge < -0.3 is 9.64 Å². The van der Waals surface area contributed by atoms with Crippen molar-refractivity contribution in [2.75, 3.05) is 31.7 Å². The first kappa shape index (κ1) is 19.9. The molecule has 0 radical (unpaired) electrons. The molecule has 1 aliphatic rings. The summed E-state index contributed by atoms with van der Waals surface area (Å²) in [5, 5.41) is 4.66. The Morgan fingerprint density at radius 1 is 1.30 bits per heavy atom. The van der Waals surface area contributed by atoms with E-state index in [1.54, 1.807) is 0 Å². The molecule has 1 N–H and O–H groups in total. The molecule has 0 saturated carbocycles. The van der Waals surface area contributed by atoms with Gasteiger partial charge in [-0.3, -0.25) is 4.68 Å². The van der Waals surface area contributed by atoms with E-state index in [0.717, 1.165) is 30.2 Å². The van der Waals surface area contributed by atoms with Gasteiger partial charge >= 0.3 is 0 Å². The highest BCUT2D eigenvalue weighted by molar-refractivity contribution is 7.91. The second-order valence-corrected chi connectivity index (χ2v) is 9.93. The van der Waals surface area contributed by atoms with E-state index in [1.807, 2.05) is 29.8 Å². The van der Waals surface area contributed by atoms with E-state index in [1.165, 1.54) is 16.0 Å². The second kappa shape index (κ2) is 8.02. The summed E-state index contributed by atoms with van der Waals surface area (Å²) in [6, 6.07) is 8.07. The van der Waals surface area contributed by atoms with Crippen molar-refractivity contribution in [1.82, 2.24) is 9.78 Å². The van der Waals surface area contributed by atoms with E-state index in [9.17, 15) is 8.42 Å². The number of hydrogen-bond donors (Lipinski definition) is 1. The molecular formula is C20H30N3O3S+. The van der Waals surface area contributed by atoms with Crippen LogP contribution in [0.4, 0.5) is 0 Å². The van der Waals surface area contributed by atoms with Gasteiger partial charge in [0.15, 0.2) is 9.84 Å². The Hall–Kier alpha value is -1.86. The molecule has 0 bridgehead atoms. The maximum atomic E-state index is 11.8. The van der Waals surface area contributed by atoms with Gasteiger partial charge in [0.05, 0.1) is 35.9 Å². The first-order chi connectivity index (χ1) is 12.7.